The van der Waals surface area contributed by atoms with Gasteiger partial charge < -0.3 is 19.7 Å². The molecule has 0 radical (unpaired) electrons. The van der Waals surface area contributed by atoms with Gasteiger partial charge in [-0.3, -0.25) is 0 Å². The van der Waals surface area contributed by atoms with Crippen LogP contribution in [0.3, 0.4) is 0 Å². The summed E-state index contributed by atoms with van der Waals surface area (Å²) in [6.07, 6.45) is 0.253. The summed E-state index contributed by atoms with van der Waals surface area (Å²) in [4.78, 5) is 24.7. The Balaban J connectivity index is 1.79. The van der Waals surface area contributed by atoms with Crippen molar-refractivity contribution in [2.75, 3.05) is 13.2 Å². The monoisotopic (exact) mass is 428 g/mol. The molecule has 0 fully saturated rings. The van der Waals surface area contributed by atoms with Gasteiger partial charge in [0.2, 0.25) is 0 Å². The molecule has 0 saturated carbocycles. The number of carbonyl (C=O) groups is 2. The second-order valence-corrected chi connectivity index (χ2v) is 8.19. The lowest BCUT2D eigenvalue weighted by molar-refractivity contribution is -0.168. The lowest BCUT2D eigenvalue weighted by atomic mass is 9.85. The van der Waals surface area contributed by atoms with Crippen molar-refractivity contribution in [2.45, 2.75) is 57.2 Å². The molecule has 0 aromatic heterocycles. The first-order valence-corrected chi connectivity index (χ1v) is 10.5. The van der Waals surface area contributed by atoms with Gasteiger partial charge in [-0.15, -0.1) is 0 Å². The van der Waals surface area contributed by atoms with Crippen molar-refractivity contribution >= 4 is 11.9 Å². The minimum absolute atomic E-state index is 0.0137. The summed E-state index contributed by atoms with van der Waals surface area (Å²) in [5.74, 6) is -2.37. The molecule has 2 N–H and O–H groups in total. The topological polar surface area (TPSA) is 93.1 Å². The first-order chi connectivity index (χ1) is 14.6. The fraction of sp³-hybridized carbons (Fsp3) is 0.440. The van der Waals surface area contributed by atoms with Gasteiger partial charge >= 0.3 is 11.9 Å². The van der Waals surface area contributed by atoms with E-state index < -0.39 is 35.0 Å². The highest BCUT2D eigenvalue weighted by atomic mass is 16.6. The van der Waals surface area contributed by atoms with E-state index in [9.17, 15) is 19.8 Å². The zero-order valence-electron chi connectivity index (χ0n) is 18.6. The zero-order chi connectivity index (χ0) is 23.1. The fourth-order valence-electron chi connectivity index (χ4n) is 3.17. The van der Waals surface area contributed by atoms with Crippen LogP contribution in [0.25, 0.3) is 0 Å². The zero-order valence-corrected chi connectivity index (χ0v) is 18.6. The predicted molar refractivity (Wildman–Crippen MR) is 117 cm³/mol. The van der Waals surface area contributed by atoms with Crippen LogP contribution in [0.4, 0.5) is 0 Å². The Morgan fingerprint density at radius 2 is 1.06 bits per heavy atom. The molecule has 0 spiro atoms. The molecule has 0 heterocycles. The van der Waals surface area contributed by atoms with E-state index in [0.29, 0.717) is 0 Å². The van der Waals surface area contributed by atoms with Crippen molar-refractivity contribution in [1.29, 1.82) is 0 Å². The third kappa shape index (κ3) is 6.15. The van der Waals surface area contributed by atoms with Crippen LogP contribution in [0.1, 0.15) is 57.1 Å². The average Bonchev–Trinajstić information content (AvgIpc) is 2.78. The Kier molecular flexibility index (Phi) is 8.36. The molecule has 0 unspecified atom stereocenters. The largest absolute Gasteiger partial charge is 0.463 e. The molecule has 6 nitrogen and oxygen atoms in total. The van der Waals surface area contributed by atoms with Gasteiger partial charge in [-0.2, -0.15) is 0 Å². The second kappa shape index (κ2) is 10.6. The summed E-state index contributed by atoms with van der Waals surface area (Å²) in [6, 6.07) is 18.5. The minimum atomic E-state index is -1.69. The van der Waals surface area contributed by atoms with Gasteiger partial charge in [0.1, 0.15) is 0 Å². The van der Waals surface area contributed by atoms with Crippen LogP contribution in [-0.4, -0.2) is 46.6 Å². The maximum Gasteiger partial charge on any atom is 0.338 e. The van der Waals surface area contributed by atoms with Gasteiger partial charge in [0.15, 0.2) is 11.2 Å². The predicted octanol–water partition coefficient (Wildman–Crippen LogP) is 3.57. The normalized spacial score (nSPS) is 17.0. The number of esters is 2. The number of hydrogen-bond donors (Lipinski definition) is 2. The van der Waals surface area contributed by atoms with E-state index >= 15 is 0 Å². The van der Waals surface area contributed by atoms with Crippen LogP contribution in [0, 0.1) is 0 Å². The molecule has 31 heavy (non-hydrogen) atoms. The molecule has 168 valence electrons. The van der Waals surface area contributed by atoms with Crippen molar-refractivity contribution in [3.63, 3.8) is 0 Å². The van der Waals surface area contributed by atoms with Crippen LogP contribution >= 0.6 is 0 Å². The molecule has 2 aromatic rings. The highest BCUT2D eigenvalue weighted by Gasteiger charge is 2.40. The summed E-state index contributed by atoms with van der Waals surface area (Å²) in [5, 5.41) is 21.3. The number of hydrogen-bond acceptors (Lipinski definition) is 6. The smallest absolute Gasteiger partial charge is 0.338 e. The SMILES string of the molecule is C[C@H](c1ccccc1)[C@](C)(O)C(=O)OCCCOC(=O)[C@](C)(O)[C@@H](C)c1ccccc1. The number of benzene rings is 2. The van der Waals surface area contributed by atoms with Crippen LogP contribution in [0.5, 0.6) is 0 Å². The van der Waals surface area contributed by atoms with E-state index in [4.69, 9.17) is 9.47 Å². The molecule has 0 amide bonds. The van der Waals surface area contributed by atoms with Crippen LogP contribution < -0.4 is 0 Å². The first kappa shape index (κ1) is 24.6. The van der Waals surface area contributed by atoms with Gasteiger partial charge in [0.25, 0.3) is 0 Å². The average molecular weight is 429 g/mol. The molecular formula is C25H32O6. The number of ether oxygens (including phenoxy) is 2. The molecule has 0 aliphatic carbocycles. The summed E-state index contributed by atoms with van der Waals surface area (Å²) >= 11 is 0. The number of carbonyl (C=O) groups excluding carboxylic acids is 2. The molecule has 0 bridgehead atoms. The molecule has 2 rings (SSSR count). The Labute approximate surface area is 183 Å². The third-order valence-corrected chi connectivity index (χ3v) is 5.87. The van der Waals surface area contributed by atoms with Gasteiger partial charge in [0, 0.05) is 18.3 Å². The van der Waals surface area contributed by atoms with Crippen molar-refractivity contribution < 1.29 is 29.3 Å². The molecular weight excluding hydrogens is 396 g/mol. The molecule has 0 aliphatic rings. The maximum absolute atomic E-state index is 12.4. The third-order valence-electron chi connectivity index (χ3n) is 5.87. The molecule has 6 heteroatoms. The Hall–Kier alpha value is -2.70. The summed E-state index contributed by atoms with van der Waals surface area (Å²) in [6.45, 7) is 6.34. The van der Waals surface area contributed by atoms with E-state index in [2.05, 4.69) is 0 Å². The minimum Gasteiger partial charge on any atom is -0.463 e. The van der Waals surface area contributed by atoms with E-state index in [1.807, 2.05) is 60.7 Å². The molecule has 2 aromatic carbocycles. The van der Waals surface area contributed by atoms with Gasteiger partial charge in [-0.25, -0.2) is 9.59 Å². The standard InChI is InChI=1S/C25H32O6/c1-18(20-12-7-5-8-13-20)24(3,28)22(26)30-16-11-17-31-23(27)25(4,29)19(2)21-14-9-6-10-15-21/h5-10,12-15,18-19,28-29H,11,16-17H2,1-4H3/t18-,19+,24+,25-. The fourth-order valence-corrected chi connectivity index (χ4v) is 3.17. The van der Waals surface area contributed by atoms with E-state index in [0.717, 1.165) is 11.1 Å². The van der Waals surface area contributed by atoms with Crippen LogP contribution in [-0.2, 0) is 19.1 Å². The highest BCUT2D eigenvalue weighted by molar-refractivity contribution is 5.80. The molecule has 0 aliphatic heterocycles. The van der Waals surface area contributed by atoms with Crippen molar-refractivity contribution in [3.8, 4) is 0 Å². The number of aliphatic hydroxyl groups is 2. The molecule has 4 atom stereocenters. The van der Waals surface area contributed by atoms with E-state index in [1.54, 1.807) is 13.8 Å². The number of rotatable bonds is 10. The van der Waals surface area contributed by atoms with Gasteiger partial charge in [0.05, 0.1) is 13.2 Å². The van der Waals surface area contributed by atoms with E-state index in [-0.39, 0.29) is 19.6 Å². The Bertz CT molecular complexity index is 773. The maximum atomic E-state index is 12.4. The van der Waals surface area contributed by atoms with Gasteiger partial charge in [-0.1, -0.05) is 74.5 Å². The van der Waals surface area contributed by atoms with Crippen LogP contribution in [0.2, 0.25) is 0 Å². The Morgan fingerprint density at radius 3 is 1.39 bits per heavy atom. The lowest BCUT2D eigenvalue weighted by Crippen LogP contribution is -2.42. The van der Waals surface area contributed by atoms with E-state index in [1.165, 1.54) is 13.8 Å². The summed E-state index contributed by atoms with van der Waals surface area (Å²) < 4.78 is 10.4. The summed E-state index contributed by atoms with van der Waals surface area (Å²) in [5.41, 5.74) is -1.72. The lowest BCUT2D eigenvalue weighted by Gasteiger charge is -2.29. The quantitative estimate of drug-likeness (QED) is 0.444. The first-order valence-electron chi connectivity index (χ1n) is 10.5. The van der Waals surface area contributed by atoms with Crippen molar-refractivity contribution in [1.82, 2.24) is 0 Å². The van der Waals surface area contributed by atoms with Gasteiger partial charge in [-0.05, 0) is 25.0 Å². The van der Waals surface area contributed by atoms with Crippen LogP contribution in [0.15, 0.2) is 60.7 Å². The molecule has 0 saturated heterocycles. The highest BCUT2D eigenvalue weighted by Crippen LogP contribution is 2.30. The van der Waals surface area contributed by atoms with Crippen molar-refractivity contribution in [2.24, 2.45) is 0 Å². The summed E-state index contributed by atoms with van der Waals surface area (Å²) in [7, 11) is 0. The second-order valence-electron chi connectivity index (χ2n) is 8.19. The Morgan fingerprint density at radius 1 is 0.742 bits per heavy atom. The van der Waals surface area contributed by atoms with Crippen molar-refractivity contribution in [3.05, 3.63) is 71.8 Å².